The summed E-state index contributed by atoms with van der Waals surface area (Å²) in [5, 5.41) is 7.20. The van der Waals surface area contributed by atoms with Crippen molar-refractivity contribution in [2.24, 2.45) is 0 Å². The van der Waals surface area contributed by atoms with Crippen LogP contribution in [0.1, 0.15) is 19.6 Å². The van der Waals surface area contributed by atoms with Crippen LogP contribution in [0.5, 0.6) is 5.88 Å². The monoisotopic (exact) mass is 403 g/mol. The Morgan fingerprint density at radius 2 is 2.04 bits per heavy atom. The molecule has 3 rings (SSSR count). The molecule has 1 aromatic carbocycles. The summed E-state index contributed by atoms with van der Waals surface area (Å²) in [5.74, 6) is 0.769. The van der Waals surface area contributed by atoms with Crippen LogP contribution in [0.2, 0.25) is 0 Å². The number of benzene rings is 1. The van der Waals surface area contributed by atoms with Crippen LogP contribution in [0.15, 0.2) is 63.8 Å². The first-order valence-corrected chi connectivity index (χ1v) is 8.55. The van der Waals surface area contributed by atoms with Crippen molar-refractivity contribution in [3.63, 3.8) is 0 Å². The smallest absolute Gasteiger partial charge is 0.264 e. The molecule has 25 heavy (non-hydrogen) atoms. The maximum atomic E-state index is 12.4. The fourth-order valence-electron chi connectivity index (χ4n) is 2.20. The zero-order valence-electron chi connectivity index (χ0n) is 13.9. The molecule has 0 fully saturated rings. The van der Waals surface area contributed by atoms with Gasteiger partial charge in [-0.15, -0.1) is 5.10 Å². The zero-order valence-corrected chi connectivity index (χ0v) is 15.5. The highest BCUT2D eigenvalue weighted by Gasteiger charge is 2.31. The number of nitrogens with zero attached hydrogens (tertiary/aromatic N) is 2. The van der Waals surface area contributed by atoms with Gasteiger partial charge in [-0.2, -0.15) is 0 Å². The van der Waals surface area contributed by atoms with Gasteiger partial charge in [-0.05, 0) is 54.0 Å². The number of rotatable bonds is 6. The second kappa shape index (κ2) is 7.14. The number of carbonyl (C=O) groups excluding carboxylic acids is 1. The summed E-state index contributed by atoms with van der Waals surface area (Å²) in [7, 11) is 0. The molecule has 0 spiro atoms. The average Bonchev–Trinajstić information content (AvgIpc) is 3.23. The standard InChI is InChI=1S/C18H18BrN3O3/c1-18(2,17(23)20-11-14-9-6-10-24-14)25-16-15(19)12-22(21-16)13-7-4-3-5-8-13/h3-10,12H,11H2,1-2H3,(H,20,23). The highest BCUT2D eigenvalue weighted by atomic mass is 79.9. The Morgan fingerprint density at radius 1 is 1.28 bits per heavy atom. The number of halogens is 1. The second-order valence-electron chi connectivity index (χ2n) is 5.94. The Kier molecular flexibility index (Phi) is 4.94. The number of hydrogen-bond donors (Lipinski definition) is 1. The molecule has 130 valence electrons. The molecule has 1 amide bonds. The first kappa shape index (κ1) is 17.3. The lowest BCUT2D eigenvalue weighted by Gasteiger charge is -2.23. The minimum absolute atomic E-state index is 0.259. The Labute approximate surface area is 153 Å². The number of aromatic nitrogens is 2. The predicted octanol–water partition coefficient (Wildman–Crippen LogP) is 3.70. The van der Waals surface area contributed by atoms with Crippen LogP contribution in [0.4, 0.5) is 0 Å². The Hall–Kier alpha value is -2.54. The Balaban J connectivity index is 1.70. The topological polar surface area (TPSA) is 69.3 Å². The Bertz CT molecular complexity index is 842. The normalized spacial score (nSPS) is 11.3. The van der Waals surface area contributed by atoms with E-state index in [1.807, 2.05) is 30.3 Å². The number of hydrogen-bond acceptors (Lipinski definition) is 4. The van der Waals surface area contributed by atoms with Gasteiger partial charge in [-0.3, -0.25) is 4.79 Å². The van der Waals surface area contributed by atoms with E-state index in [2.05, 4.69) is 26.3 Å². The van der Waals surface area contributed by atoms with Crippen molar-refractivity contribution in [1.29, 1.82) is 0 Å². The van der Waals surface area contributed by atoms with E-state index in [0.717, 1.165) is 5.69 Å². The van der Waals surface area contributed by atoms with Crippen LogP contribution in [-0.4, -0.2) is 21.3 Å². The van der Waals surface area contributed by atoms with Crippen molar-refractivity contribution in [3.8, 4) is 11.6 Å². The van der Waals surface area contributed by atoms with Gasteiger partial charge in [0.05, 0.1) is 23.0 Å². The zero-order chi connectivity index (χ0) is 17.9. The fraction of sp³-hybridized carbons (Fsp3) is 0.222. The number of ether oxygens (including phenoxy) is 1. The van der Waals surface area contributed by atoms with E-state index < -0.39 is 5.60 Å². The maximum Gasteiger partial charge on any atom is 0.264 e. The third kappa shape index (κ3) is 4.11. The molecular weight excluding hydrogens is 386 g/mol. The number of nitrogens with one attached hydrogen (secondary N) is 1. The van der Waals surface area contributed by atoms with Crippen molar-refractivity contribution < 1.29 is 13.9 Å². The molecule has 7 heteroatoms. The molecule has 3 aromatic rings. The van der Waals surface area contributed by atoms with E-state index in [0.29, 0.717) is 22.7 Å². The van der Waals surface area contributed by atoms with Gasteiger partial charge in [0.25, 0.3) is 5.91 Å². The lowest BCUT2D eigenvalue weighted by molar-refractivity contribution is -0.134. The summed E-state index contributed by atoms with van der Waals surface area (Å²) < 4.78 is 13.4. The van der Waals surface area contributed by atoms with E-state index >= 15 is 0 Å². The van der Waals surface area contributed by atoms with Crippen LogP contribution in [0.3, 0.4) is 0 Å². The highest BCUT2D eigenvalue weighted by Crippen LogP contribution is 2.28. The first-order valence-electron chi connectivity index (χ1n) is 7.76. The fourth-order valence-corrected chi connectivity index (χ4v) is 2.55. The van der Waals surface area contributed by atoms with Gasteiger partial charge in [0, 0.05) is 6.20 Å². The molecular formula is C18H18BrN3O3. The number of para-hydroxylation sites is 1. The van der Waals surface area contributed by atoms with Crippen molar-refractivity contribution in [2.75, 3.05) is 0 Å². The van der Waals surface area contributed by atoms with Crippen LogP contribution in [0, 0.1) is 0 Å². The number of carbonyl (C=O) groups is 1. The molecule has 1 N–H and O–H groups in total. The minimum Gasteiger partial charge on any atom is -0.467 e. The van der Waals surface area contributed by atoms with E-state index in [-0.39, 0.29) is 5.91 Å². The molecule has 0 aliphatic rings. The summed E-state index contributed by atoms with van der Waals surface area (Å²) in [5.41, 5.74) is -0.191. The van der Waals surface area contributed by atoms with Crippen molar-refractivity contribution in [1.82, 2.24) is 15.1 Å². The summed E-state index contributed by atoms with van der Waals surface area (Å²) >= 11 is 3.43. The maximum absolute atomic E-state index is 12.4. The largest absolute Gasteiger partial charge is 0.467 e. The van der Waals surface area contributed by atoms with Crippen LogP contribution in [0.25, 0.3) is 5.69 Å². The molecule has 0 unspecified atom stereocenters. The predicted molar refractivity (Wildman–Crippen MR) is 96.5 cm³/mol. The molecule has 0 saturated carbocycles. The summed E-state index contributed by atoms with van der Waals surface area (Å²) in [6.45, 7) is 3.69. The quantitative estimate of drug-likeness (QED) is 0.680. The first-order chi connectivity index (χ1) is 12.0. The molecule has 0 bridgehead atoms. The third-order valence-electron chi connectivity index (χ3n) is 3.56. The van der Waals surface area contributed by atoms with Crippen LogP contribution >= 0.6 is 15.9 Å². The van der Waals surface area contributed by atoms with Crippen LogP contribution in [-0.2, 0) is 11.3 Å². The van der Waals surface area contributed by atoms with E-state index in [9.17, 15) is 4.79 Å². The van der Waals surface area contributed by atoms with Gasteiger partial charge in [-0.25, -0.2) is 4.68 Å². The van der Waals surface area contributed by atoms with Crippen LogP contribution < -0.4 is 10.1 Å². The summed E-state index contributed by atoms with van der Waals surface area (Å²) in [6.07, 6.45) is 3.36. The van der Waals surface area contributed by atoms with Gasteiger partial charge < -0.3 is 14.5 Å². The van der Waals surface area contributed by atoms with Crippen molar-refractivity contribution in [2.45, 2.75) is 26.0 Å². The third-order valence-corrected chi connectivity index (χ3v) is 4.11. The van der Waals surface area contributed by atoms with Gasteiger partial charge >= 0.3 is 0 Å². The van der Waals surface area contributed by atoms with Crippen molar-refractivity contribution >= 4 is 21.8 Å². The number of furan rings is 1. The molecule has 0 aliphatic heterocycles. The number of amides is 1. The summed E-state index contributed by atoms with van der Waals surface area (Å²) in [6, 6.07) is 13.2. The average molecular weight is 404 g/mol. The van der Waals surface area contributed by atoms with Gasteiger partial charge in [0.15, 0.2) is 5.60 Å². The van der Waals surface area contributed by atoms with Gasteiger partial charge in [0.2, 0.25) is 5.88 Å². The summed E-state index contributed by atoms with van der Waals surface area (Å²) in [4.78, 5) is 12.4. The van der Waals surface area contributed by atoms with Gasteiger partial charge in [-0.1, -0.05) is 18.2 Å². The minimum atomic E-state index is -1.09. The lowest BCUT2D eigenvalue weighted by Crippen LogP contribution is -2.46. The van der Waals surface area contributed by atoms with Gasteiger partial charge in [0.1, 0.15) is 5.76 Å². The van der Waals surface area contributed by atoms with E-state index in [1.54, 1.807) is 43.1 Å². The lowest BCUT2D eigenvalue weighted by atomic mass is 10.1. The second-order valence-corrected chi connectivity index (χ2v) is 6.79. The SMILES string of the molecule is CC(C)(Oc1nn(-c2ccccc2)cc1Br)C(=O)NCc1ccco1. The van der Waals surface area contributed by atoms with E-state index in [4.69, 9.17) is 9.15 Å². The highest BCUT2D eigenvalue weighted by molar-refractivity contribution is 9.10. The molecule has 0 aliphatic carbocycles. The molecule has 0 saturated heterocycles. The van der Waals surface area contributed by atoms with E-state index in [1.165, 1.54) is 0 Å². The molecule has 0 atom stereocenters. The molecule has 6 nitrogen and oxygen atoms in total. The molecule has 2 aromatic heterocycles. The molecule has 0 radical (unpaired) electrons. The Morgan fingerprint density at radius 3 is 2.72 bits per heavy atom. The molecule has 2 heterocycles. The van der Waals surface area contributed by atoms with Crippen molar-refractivity contribution in [3.05, 3.63) is 65.2 Å².